The summed E-state index contributed by atoms with van der Waals surface area (Å²) in [6.45, 7) is 4.25. The van der Waals surface area contributed by atoms with Crippen LogP contribution in [-0.2, 0) is 0 Å². The molecule has 0 aromatic carbocycles. The zero-order chi connectivity index (χ0) is 8.81. The number of nitrogens with zero attached hydrogens (tertiary/aromatic N) is 3. The fourth-order valence-electron chi connectivity index (χ4n) is 0.770. The highest BCUT2D eigenvalue weighted by molar-refractivity contribution is 5.34. The predicted octanol–water partition coefficient (Wildman–Crippen LogP) is 2.15. The summed E-state index contributed by atoms with van der Waals surface area (Å²) in [5.74, 6) is 0. The Kier molecular flexibility index (Phi) is 3.26. The first-order valence-corrected chi connectivity index (χ1v) is 4.12. The average Bonchev–Trinajstić information content (AvgIpc) is 2.52. The molecular weight excluding hydrogens is 150 g/mol. The lowest BCUT2D eigenvalue weighted by Crippen LogP contribution is -1.77. The monoisotopic (exact) mass is 163 g/mol. The van der Waals surface area contributed by atoms with Gasteiger partial charge in [-0.1, -0.05) is 26.3 Å². The van der Waals surface area contributed by atoms with Crippen LogP contribution in [0, 0.1) is 0 Å². The van der Waals surface area contributed by atoms with Crippen LogP contribution in [-0.4, -0.2) is 14.6 Å². The van der Waals surface area contributed by atoms with E-state index in [4.69, 9.17) is 0 Å². The van der Waals surface area contributed by atoms with Crippen molar-refractivity contribution in [3.63, 3.8) is 0 Å². The normalized spacial score (nSPS) is 9.17. The lowest BCUT2D eigenvalue weighted by molar-refractivity contribution is 1.09. The van der Waals surface area contributed by atoms with Crippen LogP contribution >= 0.6 is 0 Å². The minimum Gasteiger partial charge on any atom is -0.289 e. The van der Waals surface area contributed by atoms with Crippen LogP contribution < -0.4 is 0 Å². The van der Waals surface area contributed by atoms with Crippen molar-refractivity contribution in [2.24, 2.45) is 0 Å². The summed E-state index contributed by atoms with van der Waals surface area (Å²) < 4.78 is 1.86. The van der Waals surface area contributed by atoms with Crippen molar-refractivity contribution in [2.75, 3.05) is 0 Å². The van der Waals surface area contributed by atoms with E-state index in [2.05, 4.69) is 24.0 Å². The van der Waals surface area contributed by atoms with Crippen molar-refractivity contribution in [1.29, 1.82) is 0 Å². The highest BCUT2D eigenvalue weighted by atomic mass is 15.2. The van der Waals surface area contributed by atoms with Gasteiger partial charge >= 0.3 is 0 Å². The third kappa shape index (κ3) is 2.05. The van der Waals surface area contributed by atoms with Gasteiger partial charge < -0.3 is 0 Å². The van der Waals surface area contributed by atoms with Gasteiger partial charge in [0.25, 0.3) is 0 Å². The van der Waals surface area contributed by atoms with Gasteiger partial charge in [-0.05, 0) is 12.1 Å². The van der Waals surface area contributed by atoms with Crippen molar-refractivity contribution in [2.45, 2.75) is 20.3 Å². The molecule has 0 saturated carbocycles. The Balaban J connectivity index is 0.000000213. The van der Waals surface area contributed by atoms with E-state index < -0.39 is 0 Å². The summed E-state index contributed by atoms with van der Waals surface area (Å²) in [5.41, 5.74) is 0.887. The Bertz CT molecular complexity index is 297. The second-order valence-electron chi connectivity index (χ2n) is 2.50. The summed E-state index contributed by atoms with van der Waals surface area (Å²) in [5, 5.41) is 7.55. The topological polar surface area (TPSA) is 30.2 Å². The molecule has 2 aromatic heterocycles. The molecule has 3 nitrogen and oxygen atoms in total. The van der Waals surface area contributed by atoms with E-state index in [0.717, 1.165) is 5.65 Å². The molecule has 0 saturated heterocycles. The molecule has 64 valence electrons. The quantitative estimate of drug-likeness (QED) is 0.595. The van der Waals surface area contributed by atoms with Gasteiger partial charge in [-0.2, -0.15) is 0 Å². The fraction of sp³-hybridized carbons (Fsp3) is 0.333. The molecule has 0 atom stereocenters. The summed E-state index contributed by atoms with van der Waals surface area (Å²) in [6, 6.07) is 5.79. The Morgan fingerprint density at radius 2 is 2.08 bits per heavy atom. The van der Waals surface area contributed by atoms with Crippen LogP contribution in [0.15, 0.2) is 30.7 Å². The average molecular weight is 163 g/mol. The zero-order valence-electron chi connectivity index (χ0n) is 7.44. The SMILES string of the molecule is CCC.c1ccn2cnnc2c1. The Hall–Kier alpha value is -1.38. The Morgan fingerprint density at radius 3 is 2.75 bits per heavy atom. The van der Waals surface area contributed by atoms with Crippen LogP contribution in [0.25, 0.3) is 5.65 Å². The van der Waals surface area contributed by atoms with Crippen LogP contribution in [0.1, 0.15) is 20.3 Å². The molecule has 2 aromatic rings. The van der Waals surface area contributed by atoms with E-state index >= 15 is 0 Å². The van der Waals surface area contributed by atoms with E-state index in [1.807, 2.05) is 28.8 Å². The molecule has 0 spiro atoms. The summed E-state index contributed by atoms with van der Waals surface area (Å²) >= 11 is 0. The van der Waals surface area contributed by atoms with E-state index in [1.54, 1.807) is 6.33 Å². The molecule has 0 radical (unpaired) electrons. The number of fused-ring (bicyclic) bond motifs is 1. The van der Waals surface area contributed by atoms with Crippen molar-refractivity contribution in [1.82, 2.24) is 14.6 Å². The van der Waals surface area contributed by atoms with Crippen molar-refractivity contribution in [3.8, 4) is 0 Å². The van der Waals surface area contributed by atoms with E-state index in [9.17, 15) is 0 Å². The number of aromatic nitrogens is 3. The van der Waals surface area contributed by atoms with Crippen LogP contribution in [0.3, 0.4) is 0 Å². The maximum atomic E-state index is 3.83. The van der Waals surface area contributed by atoms with Crippen molar-refractivity contribution in [3.05, 3.63) is 30.7 Å². The highest BCUT2D eigenvalue weighted by Gasteiger charge is 1.87. The van der Waals surface area contributed by atoms with Gasteiger partial charge in [0.1, 0.15) is 6.33 Å². The van der Waals surface area contributed by atoms with Crippen LogP contribution in [0.5, 0.6) is 0 Å². The van der Waals surface area contributed by atoms with Gasteiger partial charge in [-0.3, -0.25) is 4.40 Å². The van der Waals surface area contributed by atoms with Gasteiger partial charge in [-0.25, -0.2) is 0 Å². The van der Waals surface area contributed by atoms with Gasteiger partial charge in [-0.15, -0.1) is 10.2 Å². The first kappa shape index (κ1) is 8.71. The third-order valence-corrected chi connectivity index (χ3v) is 1.20. The molecule has 0 N–H and O–H groups in total. The summed E-state index contributed by atoms with van der Waals surface area (Å²) in [7, 11) is 0. The van der Waals surface area contributed by atoms with E-state index in [-0.39, 0.29) is 0 Å². The summed E-state index contributed by atoms with van der Waals surface area (Å²) in [6.07, 6.45) is 4.84. The largest absolute Gasteiger partial charge is 0.289 e. The van der Waals surface area contributed by atoms with E-state index in [1.165, 1.54) is 6.42 Å². The second-order valence-corrected chi connectivity index (χ2v) is 2.50. The fourth-order valence-corrected chi connectivity index (χ4v) is 0.770. The third-order valence-electron chi connectivity index (χ3n) is 1.20. The van der Waals surface area contributed by atoms with Crippen LogP contribution in [0.4, 0.5) is 0 Å². The first-order chi connectivity index (χ1) is 5.88. The molecule has 0 aliphatic carbocycles. The molecule has 2 rings (SSSR count). The van der Waals surface area contributed by atoms with E-state index in [0.29, 0.717) is 0 Å². The van der Waals surface area contributed by atoms with Gasteiger partial charge in [0.2, 0.25) is 0 Å². The number of rotatable bonds is 0. The van der Waals surface area contributed by atoms with Crippen molar-refractivity contribution < 1.29 is 0 Å². The maximum Gasteiger partial charge on any atom is 0.160 e. The number of pyridine rings is 1. The molecule has 0 bridgehead atoms. The highest BCUT2D eigenvalue weighted by Crippen LogP contribution is 1.94. The molecule has 3 heteroatoms. The summed E-state index contributed by atoms with van der Waals surface area (Å²) in [4.78, 5) is 0. The molecule has 0 aliphatic rings. The van der Waals surface area contributed by atoms with Gasteiger partial charge in [0.15, 0.2) is 5.65 Å². The lowest BCUT2D eigenvalue weighted by atomic mass is 10.5. The van der Waals surface area contributed by atoms with Gasteiger partial charge in [0.05, 0.1) is 0 Å². The second kappa shape index (κ2) is 4.49. The number of hydrogen-bond acceptors (Lipinski definition) is 2. The molecule has 2 heterocycles. The lowest BCUT2D eigenvalue weighted by Gasteiger charge is -1.84. The predicted molar refractivity (Wildman–Crippen MR) is 49.0 cm³/mol. The smallest absolute Gasteiger partial charge is 0.160 e. The zero-order valence-corrected chi connectivity index (χ0v) is 7.44. The van der Waals surface area contributed by atoms with Gasteiger partial charge in [0, 0.05) is 6.20 Å². The molecule has 0 amide bonds. The number of hydrogen-bond donors (Lipinski definition) is 0. The molecule has 0 fully saturated rings. The standard InChI is InChI=1S/C6H5N3.C3H8/c1-2-4-9-5-7-8-6(9)3-1;1-3-2/h1-5H;3H2,1-2H3. The molecule has 0 aliphatic heterocycles. The molecular formula is C9H13N3. The minimum atomic E-state index is 0.887. The molecule has 12 heavy (non-hydrogen) atoms. The Labute approximate surface area is 72.1 Å². The maximum absolute atomic E-state index is 3.83. The minimum absolute atomic E-state index is 0.887. The van der Waals surface area contributed by atoms with Crippen LogP contribution in [0.2, 0.25) is 0 Å². The van der Waals surface area contributed by atoms with Crippen molar-refractivity contribution >= 4 is 5.65 Å². The first-order valence-electron chi connectivity index (χ1n) is 4.12. The molecule has 0 unspecified atom stereocenters. The Morgan fingerprint density at radius 1 is 1.33 bits per heavy atom.